The number of nitrogens with zero attached hydrogens (tertiary/aromatic N) is 3. The van der Waals surface area contributed by atoms with E-state index in [0.29, 0.717) is 0 Å². The van der Waals surface area contributed by atoms with Crippen molar-refractivity contribution in [2.75, 3.05) is 19.0 Å². The van der Waals surface area contributed by atoms with Gasteiger partial charge in [-0.1, -0.05) is 0 Å². The summed E-state index contributed by atoms with van der Waals surface area (Å²) < 4.78 is 2.01. The van der Waals surface area contributed by atoms with Crippen molar-refractivity contribution >= 4 is 11.6 Å². The van der Waals surface area contributed by atoms with Crippen molar-refractivity contribution in [3.63, 3.8) is 0 Å². The lowest BCUT2D eigenvalue weighted by atomic mass is 10.1. The average molecular weight is 242 g/mol. The zero-order valence-corrected chi connectivity index (χ0v) is 10.4. The molecule has 1 unspecified atom stereocenters. The van der Waals surface area contributed by atoms with Gasteiger partial charge in [0.25, 0.3) is 0 Å². The summed E-state index contributed by atoms with van der Waals surface area (Å²) in [5.41, 5.74) is 0. The second-order valence-electron chi connectivity index (χ2n) is 4.43. The number of halogens is 1. The van der Waals surface area contributed by atoms with Gasteiger partial charge in [0, 0.05) is 30.9 Å². The van der Waals surface area contributed by atoms with Crippen LogP contribution in [0.4, 0.5) is 0 Å². The van der Waals surface area contributed by atoms with Crippen LogP contribution in [0.25, 0.3) is 0 Å². The molecule has 0 amide bonds. The molecule has 2 heterocycles. The van der Waals surface area contributed by atoms with Gasteiger partial charge in [-0.3, -0.25) is 9.58 Å². The van der Waals surface area contributed by atoms with Gasteiger partial charge in [0.2, 0.25) is 0 Å². The maximum absolute atomic E-state index is 5.75. The van der Waals surface area contributed by atoms with Gasteiger partial charge >= 0.3 is 0 Å². The third kappa shape index (κ3) is 3.22. The topological polar surface area (TPSA) is 21.1 Å². The molecule has 0 aromatic carbocycles. The number of aromatic nitrogens is 2. The molecule has 0 aliphatic carbocycles. The Labute approximate surface area is 102 Å². The zero-order valence-electron chi connectivity index (χ0n) is 9.69. The molecule has 1 atom stereocenters. The highest BCUT2D eigenvalue weighted by atomic mass is 35.5. The summed E-state index contributed by atoms with van der Waals surface area (Å²) in [4.78, 5) is 2.59. The van der Waals surface area contributed by atoms with Crippen LogP contribution in [-0.2, 0) is 6.54 Å². The normalized spacial score (nSPS) is 21.7. The molecule has 0 bridgehead atoms. The molecular weight excluding hydrogens is 222 g/mol. The van der Waals surface area contributed by atoms with E-state index in [2.05, 4.69) is 10.00 Å². The minimum atomic E-state index is 0.759. The molecule has 1 saturated heterocycles. The van der Waals surface area contributed by atoms with Crippen LogP contribution in [0.5, 0.6) is 0 Å². The van der Waals surface area contributed by atoms with Crippen molar-refractivity contribution in [1.82, 2.24) is 14.7 Å². The summed E-state index contributed by atoms with van der Waals surface area (Å²) in [6.45, 7) is 3.37. The van der Waals surface area contributed by atoms with E-state index >= 15 is 0 Å². The van der Waals surface area contributed by atoms with E-state index in [4.69, 9.17) is 11.6 Å². The van der Waals surface area contributed by atoms with Crippen molar-refractivity contribution in [3.8, 4) is 0 Å². The lowest BCUT2D eigenvalue weighted by molar-refractivity contribution is 0.229. The monoisotopic (exact) mass is 241 g/mol. The predicted octanol–water partition coefficient (Wildman–Crippen LogP) is 2.37. The Hall–Kier alpha value is -0.540. The van der Waals surface area contributed by atoms with E-state index in [-0.39, 0.29) is 0 Å². The molecule has 2 rings (SSSR count). The molecule has 0 radical (unpaired) electrons. The van der Waals surface area contributed by atoms with E-state index in [9.17, 15) is 0 Å². The molecule has 0 N–H and O–H groups in total. The minimum Gasteiger partial charge on any atom is -0.299 e. The number of hydrogen-bond acceptors (Lipinski definition) is 2. The molecule has 1 aromatic rings. The first-order valence-electron chi connectivity index (χ1n) is 6.17. The van der Waals surface area contributed by atoms with Gasteiger partial charge in [0.05, 0.1) is 6.54 Å². The second-order valence-corrected chi connectivity index (χ2v) is 4.81. The summed E-state index contributed by atoms with van der Waals surface area (Å²) in [6.07, 6.45) is 8.95. The standard InChI is InChI=1S/C12H20ClN3/c13-6-1-4-12-5-2-8-15(12)10-11-16-9-3-7-14-16/h3,7,9,12H,1-2,4-6,8,10-11H2. The van der Waals surface area contributed by atoms with Crippen molar-refractivity contribution in [2.45, 2.75) is 38.3 Å². The maximum atomic E-state index is 5.75. The molecule has 1 aromatic heterocycles. The van der Waals surface area contributed by atoms with E-state index in [0.717, 1.165) is 31.4 Å². The van der Waals surface area contributed by atoms with Crippen molar-refractivity contribution < 1.29 is 0 Å². The summed E-state index contributed by atoms with van der Waals surface area (Å²) in [6, 6.07) is 2.74. The van der Waals surface area contributed by atoms with Gasteiger partial charge in [0.1, 0.15) is 0 Å². The van der Waals surface area contributed by atoms with E-state index in [1.807, 2.05) is 23.1 Å². The van der Waals surface area contributed by atoms with Gasteiger partial charge in [0.15, 0.2) is 0 Å². The molecule has 1 fully saturated rings. The highest BCUT2D eigenvalue weighted by molar-refractivity contribution is 6.17. The van der Waals surface area contributed by atoms with Crippen LogP contribution in [0.2, 0.25) is 0 Å². The lowest BCUT2D eigenvalue weighted by Crippen LogP contribution is -2.32. The molecule has 0 saturated carbocycles. The average Bonchev–Trinajstić information content (AvgIpc) is 2.94. The highest BCUT2D eigenvalue weighted by Crippen LogP contribution is 2.21. The molecular formula is C12H20ClN3. The van der Waals surface area contributed by atoms with E-state index < -0.39 is 0 Å². The Morgan fingerprint density at radius 3 is 3.06 bits per heavy atom. The third-order valence-electron chi connectivity index (χ3n) is 3.35. The Balaban J connectivity index is 1.75. The number of hydrogen-bond donors (Lipinski definition) is 0. The fourth-order valence-corrected chi connectivity index (χ4v) is 2.65. The summed E-state index contributed by atoms with van der Waals surface area (Å²) in [5.74, 6) is 0.795. The van der Waals surface area contributed by atoms with Crippen LogP contribution in [0.15, 0.2) is 18.5 Å². The molecule has 16 heavy (non-hydrogen) atoms. The van der Waals surface area contributed by atoms with Crippen molar-refractivity contribution in [2.24, 2.45) is 0 Å². The predicted molar refractivity (Wildman–Crippen MR) is 66.8 cm³/mol. The molecule has 3 nitrogen and oxygen atoms in total. The number of likely N-dealkylation sites (tertiary alicyclic amines) is 1. The van der Waals surface area contributed by atoms with Gasteiger partial charge in [-0.15, -0.1) is 11.6 Å². The van der Waals surface area contributed by atoms with Gasteiger partial charge in [-0.2, -0.15) is 5.10 Å². The van der Waals surface area contributed by atoms with Crippen LogP contribution >= 0.6 is 11.6 Å². The smallest absolute Gasteiger partial charge is 0.0536 e. The summed E-state index contributed by atoms with van der Waals surface area (Å²) in [5, 5.41) is 4.23. The SMILES string of the molecule is ClCCCC1CCCN1CCn1cccn1. The first-order chi connectivity index (χ1) is 7.90. The number of rotatable bonds is 6. The quantitative estimate of drug-likeness (QED) is 0.713. The largest absolute Gasteiger partial charge is 0.299 e. The summed E-state index contributed by atoms with van der Waals surface area (Å²) in [7, 11) is 0. The zero-order chi connectivity index (χ0) is 11.2. The van der Waals surface area contributed by atoms with Crippen LogP contribution in [-0.4, -0.2) is 39.7 Å². The van der Waals surface area contributed by atoms with Gasteiger partial charge < -0.3 is 0 Å². The fourth-order valence-electron chi connectivity index (χ4n) is 2.49. The Bertz CT molecular complexity index is 286. The fraction of sp³-hybridized carbons (Fsp3) is 0.750. The van der Waals surface area contributed by atoms with E-state index in [1.165, 1.54) is 25.8 Å². The maximum Gasteiger partial charge on any atom is 0.0536 e. The molecule has 0 spiro atoms. The summed E-state index contributed by atoms with van der Waals surface area (Å²) >= 11 is 5.75. The molecule has 90 valence electrons. The van der Waals surface area contributed by atoms with Crippen LogP contribution in [0.1, 0.15) is 25.7 Å². The van der Waals surface area contributed by atoms with Crippen LogP contribution in [0.3, 0.4) is 0 Å². The first kappa shape index (κ1) is 11.9. The van der Waals surface area contributed by atoms with Gasteiger partial charge in [-0.25, -0.2) is 0 Å². The molecule has 4 heteroatoms. The lowest BCUT2D eigenvalue weighted by Gasteiger charge is -2.24. The molecule has 1 aliphatic heterocycles. The Morgan fingerprint density at radius 2 is 2.31 bits per heavy atom. The van der Waals surface area contributed by atoms with Crippen LogP contribution < -0.4 is 0 Å². The molecule has 1 aliphatic rings. The van der Waals surface area contributed by atoms with Gasteiger partial charge in [-0.05, 0) is 38.3 Å². The minimum absolute atomic E-state index is 0.759. The van der Waals surface area contributed by atoms with Crippen molar-refractivity contribution in [3.05, 3.63) is 18.5 Å². The number of alkyl halides is 1. The first-order valence-corrected chi connectivity index (χ1v) is 6.71. The third-order valence-corrected chi connectivity index (χ3v) is 3.61. The Kier molecular flexibility index (Phi) is 4.67. The van der Waals surface area contributed by atoms with Crippen LogP contribution in [0, 0.1) is 0 Å². The highest BCUT2D eigenvalue weighted by Gasteiger charge is 2.23. The Morgan fingerprint density at radius 1 is 1.38 bits per heavy atom. The second kappa shape index (κ2) is 6.26. The van der Waals surface area contributed by atoms with E-state index in [1.54, 1.807) is 0 Å². The van der Waals surface area contributed by atoms with Crippen molar-refractivity contribution in [1.29, 1.82) is 0 Å².